The van der Waals surface area contributed by atoms with Crippen LogP contribution < -0.4 is 42.0 Å². The van der Waals surface area contributed by atoms with Gasteiger partial charge in [-0.1, -0.05) is 6.08 Å². The molecule has 64 valence electrons. The van der Waals surface area contributed by atoms with Gasteiger partial charge in [0, 0.05) is 5.57 Å². The number of carboxylic acid groups (broad SMARTS) is 2. The van der Waals surface area contributed by atoms with E-state index in [1.54, 1.807) is 0 Å². The molecule has 4 nitrogen and oxygen atoms in total. The largest absolute Gasteiger partial charge is 1.00 e. The Morgan fingerprint density at radius 2 is 1.75 bits per heavy atom. The van der Waals surface area contributed by atoms with Gasteiger partial charge >= 0.3 is 41.5 Å². The molecule has 0 fully saturated rings. The van der Waals surface area contributed by atoms with Gasteiger partial charge in [-0.25, -0.2) is 4.79 Å². The third kappa shape index (κ3) is 8.07. The first kappa shape index (κ1) is 17.9. The number of carboxylic acids is 2. The molecule has 12 heavy (non-hydrogen) atoms. The maximum atomic E-state index is 10.1. The molecule has 0 amide bonds. The Hall–Kier alpha value is -0.0300. The normalized spacial score (nSPS) is 9.25. The van der Waals surface area contributed by atoms with E-state index in [0.717, 1.165) is 0 Å². The van der Waals surface area contributed by atoms with Crippen molar-refractivity contribution in [3.8, 4) is 0 Å². The van der Waals surface area contributed by atoms with Crippen LogP contribution in [0.25, 0.3) is 0 Å². The summed E-state index contributed by atoms with van der Waals surface area (Å²) in [6.07, 6.45) is 0.849. The van der Waals surface area contributed by atoms with Crippen molar-refractivity contribution in [2.24, 2.45) is 0 Å². The van der Waals surface area contributed by atoms with Crippen LogP contribution in [0.3, 0.4) is 0 Å². The van der Waals surface area contributed by atoms with Gasteiger partial charge in [0.05, 0.1) is 6.42 Å². The SMILES string of the molecule is CC=C(CC(=O)O)C(=O)O.[Cl-].[Na+]. The summed E-state index contributed by atoms with van der Waals surface area (Å²) < 4.78 is 0. The molecule has 2 N–H and O–H groups in total. The van der Waals surface area contributed by atoms with Crippen molar-refractivity contribution in [2.45, 2.75) is 13.3 Å². The molecule has 0 aliphatic heterocycles. The fraction of sp³-hybridized carbons (Fsp3) is 0.333. The van der Waals surface area contributed by atoms with Crippen LogP contribution in [0.5, 0.6) is 0 Å². The summed E-state index contributed by atoms with van der Waals surface area (Å²) in [5.41, 5.74) is -0.0903. The van der Waals surface area contributed by atoms with Crippen LogP contribution in [-0.2, 0) is 9.59 Å². The molecule has 0 aromatic heterocycles. The summed E-state index contributed by atoms with van der Waals surface area (Å²) >= 11 is 0. The first-order chi connectivity index (χ1) is 4.57. The maximum Gasteiger partial charge on any atom is 1.00 e. The Balaban J connectivity index is -0.000000405. The minimum atomic E-state index is -1.18. The first-order valence-corrected chi connectivity index (χ1v) is 2.68. The molecule has 0 spiro atoms. The second-order valence-electron chi connectivity index (χ2n) is 1.69. The summed E-state index contributed by atoms with van der Waals surface area (Å²) in [6, 6.07) is 0. The fourth-order valence-electron chi connectivity index (χ4n) is 0.464. The van der Waals surface area contributed by atoms with E-state index >= 15 is 0 Å². The number of hydrogen-bond acceptors (Lipinski definition) is 2. The maximum absolute atomic E-state index is 10.1. The van der Waals surface area contributed by atoms with Crippen LogP contribution in [0.4, 0.5) is 0 Å². The number of rotatable bonds is 3. The molecule has 0 saturated heterocycles. The third-order valence-corrected chi connectivity index (χ3v) is 0.965. The molecule has 0 aromatic rings. The zero-order valence-corrected chi connectivity index (χ0v) is 9.63. The van der Waals surface area contributed by atoms with E-state index in [2.05, 4.69) is 0 Å². The van der Waals surface area contributed by atoms with Crippen molar-refractivity contribution in [3.63, 3.8) is 0 Å². The Morgan fingerprint density at radius 1 is 1.33 bits per heavy atom. The van der Waals surface area contributed by atoms with Crippen LogP contribution in [0, 0.1) is 0 Å². The third-order valence-electron chi connectivity index (χ3n) is 0.965. The van der Waals surface area contributed by atoms with Gasteiger partial charge in [0.25, 0.3) is 0 Å². The summed E-state index contributed by atoms with van der Waals surface area (Å²) in [5.74, 6) is -2.31. The van der Waals surface area contributed by atoms with E-state index in [1.807, 2.05) is 0 Å². The van der Waals surface area contributed by atoms with Crippen molar-refractivity contribution >= 4 is 11.9 Å². The van der Waals surface area contributed by atoms with E-state index in [1.165, 1.54) is 13.0 Å². The van der Waals surface area contributed by atoms with Gasteiger partial charge < -0.3 is 22.6 Å². The van der Waals surface area contributed by atoms with Gasteiger partial charge in [-0.05, 0) is 6.92 Å². The molecular formula is C6H8ClNaO4. The van der Waals surface area contributed by atoms with Gasteiger partial charge in [0.15, 0.2) is 0 Å². The Labute approximate surface area is 98.4 Å². The molecule has 0 aliphatic rings. The van der Waals surface area contributed by atoms with Crippen molar-refractivity contribution in [1.29, 1.82) is 0 Å². The second-order valence-corrected chi connectivity index (χ2v) is 1.69. The number of allylic oxidation sites excluding steroid dienone is 1. The van der Waals surface area contributed by atoms with E-state index in [9.17, 15) is 9.59 Å². The van der Waals surface area contributed by atoms with Gasteiger partial charge in [-0.3, -0.25) is 4.79 Å². The van der Waals surface area contributed by atoms with E-state index < -0.39 is 18.4 Å². The second kappa shape index (κ2) is 9.06. The molecular weight excluding hydrogens is 195 g/mol. The Kier molecular flexibility index (Phi) is 13.5. The summed E-state index contributed by atoms with van der Waals surface area (Å²) in [6.45, 7) is 1.49. The van der Waals surface area contributed by atoms with Crippen LogP contribution in [-0.4, -0.2) is 22.2 Å². The van der Waals surface area contributed by atoms with Gasteiger partial charge in [-0.2, -0.15) is 0 Å². The molecule has 0 atom stereocenters. The molecule has 0 bridgehead atoms. The van der Waals surface area contributed by atoms with Crippen LogP contribution in [0.1, 0.15) is 13.3 Å². The Morgan fingerprint density at radius 3 is 1.83 bits per heavy atom. The number of carbonyl (C=O) groups is 2. The van der Waals surface area contributed by atoms with Crippen molar-refractivity contribution in [3.05, 3.63) is 11.6 Å². The number of aliphatic carboxylic acids is 2. The predicted octanol–water partition coefficient (Wildman–Crippen LogP) is -5.50. The monoisotopic (exact) mass is 202 g/mol. The fourth-order valence-corrected chi connectivity index (χ4v) is 0.464. The smallest absolute Gasteiger partial charge is 1.00 e. The van der Waals surface area contributed by atoms with Crippen LogP contribution in [0.15, 0.2) is 11.6 Å². The molecule has 0 radical (unpaired) electrons. The van der Waals surface area contributed by atoms with Crippen LogP contribution in [0.2, 0.25) is 0 Å². The minimum Gasteiger partial charge on any atom is -1.00 e. The molecule has 0 heterocycles. The molecule has 0 aromatic carbocycles. The molecule has 6 heteroatoms. The summed E-state index contributed by atoms with van der Waals surface area (Å²) in [5, 5.41) is 16.5. The standard InChI is InChI=1S/C6H8O4.ClH.Na/c1-2-4(6(9)10)3-5(7)8;;/h2H,3H2,1H3,(H,7,8)(H,9,10);1H;/q;;+1/p-1. The molecule has 0 aliphatic carbocycles. The van der Waals surface area contributed by atoms with Crippen LogP contribution >= 0.6 is 0 Å². The summed E-state index contributed by atoms with van der Waals surface area (Å²) in [4.78, 5) is 20.1. The number of hydrogen-bond donors (Lipinski definition) is 2. The van der Waals surface area contributed by atoms with E-state index in [0.29, 0.717) is 0 Å². The molecule has 0 rings (SSSR count). The van der Waals surface area contributed by atoms with Crippen molar-refractivity contribution in [2.75, 3.05) is 0 Å². The van der Waals surface area contributed by atoms with Crippen molar-refractivity contribution in [1.82, 2.24) is 0 Å². The zero-order valence-electron chi connectivity index (χ0n) is 6.87. The topological polar surface area (TPSA) is 74.6 Å². The predicted molar refractivity (Wildman–Crippen MR) is 33.6 cm³/mol. The van der Waals surface area contributed by atoms with Crippen molar-refractivity contribution < 1.29 is 61.8 Å². The quantitative estimate of drug-likeness (QED) is 0.354. The number of halogens is 1. The van der Waals surface area contributed by atoms with Gasteiger partial charge in [-0.15, -0.1) is 0 Å². The minimum absolute atomic E-state index is 0. The zero-order chi connectivity index (χ0) is 8.15. The molecule has 0 unspecified atom stereocenters. The van der Waals surface area contributed by atoms with Gasteiger partial charge in [0.2, 0.25) is 0 Å². The Bertz CT molecular complexity index is 190. The first-order valence-electron chi connectivity index (χ1n) is 2.68. The van der Waals surface area contributed by atoms with E-state index in [-0.39, 0.29) is 47.5 Å². The van der Waals surface area contributed by atoms with Gasteiger partial charge in [0.1, 0.15) is 0 Å². The average molecular weight is 203 g/mol. The molecule has 0 saturated carbocycles. The average Bonchev–Trinajstić information content (AvgIpc) is 1.81. The van der Waals surface area contributed by atoms with E-state index in [4.69, 9.17) is 10.2 Å². The summed E-state index contributed by atoms with van der Waals surface area (Å²) in [7, 11) is 0.